The molecule has 1 atom stereocenters. The lowest BCUT2D eigenvalue weighted by Gasteiger charge is -2.33. The van der Waals surface area contributed by atoms with Crippen LogP contribution in [0, 0.1) is 11.8 Å². The van der Waals surface area contributed by atoms with E-state index < -0.39 is 0 Å². The zero-order valence-corrected chi connectivity index (χ0v) is 13.4. The maximum absolute atomic E-state index is 5.46. The fourth-order valence-corrected chi connectivity index (χ4v) is 3.42. The van der Waals surface area contributed by atoms with Gasteiger partial charge in [-0.3, -0.25) is 0 Å². The molecule has 0 spiro atoms. The van der Waals surface area contributed by atoms with Crippen molar-refractivity contribution in [2.24, 2.45) is 11.8 Å². The molecule has 2 heteroatoms. The average molecular weight is 275 g/mol. The van der Waals surface area contributed by atoms with Gasteiger partial charge in [0.2, 0.25) is 0 Å². The Kier molecular flexibility index (Phi) is 5.47. The Hall–Kier alpha value is -1.02. The van der Waals surface area contributed by atoms with Crippen LogP contribution in [-0.4, -0.2) is 13.2 Å². The van der Waals surface area contributed by atoms with Gasteiger partial charge >= 0.3 is 0 Å². The summed E-state index contributed by atoms with van der Waals surface area (Å²) in [5.41, 5.74) is 1.26. The van der Waals surface area contributed by atoms with Crippen molar-refractivity contribution in [3.8, 4) is 5.75 Å². The highest BCUT2D eigenvalue weighted by Crippen LogP contribution is 2.32. The molecule has 1 aromatic rings. The van der Waals surface area contributed by atoms with Gasteiger partial charge in [-0.2, -0.15) is 0 Å². The molecule has 0 bridgehead atoms. The summed E-state index contributed by atoms with van der Waals surface area (Å²) < 4.78 is 5.46. The first kappa shape index (κ1) is 15.4. The summed E-state index contributed by atoms with van der Waals surface area (Å²) in [6.07, 6.45) is 5.35. The molecule has 1 N–H and O–H groups in total. The predicted octanol–water partition coefficient (Wildman–Crippen LogP) is 4.56. The molecule has 0 saturated heterocycles. The van der Waals surface area contributed by atoms with Crippen LogP contribution in [0.3, 0.4) is 0 Å². The van der Waals surface area contributed by atoms with E-state index in [2.05, 4.69) is 38.2 Å². The Balaban J connectivity index is 1.91. The molecular formula is C18H29NO. The molecule has 2 nitrogen and oxygen atoms in total. The summed E-state index contributed by atoms with van der Waals surface area (Å²) in [5.74, 6) is 2.75. The standard InChI is InChI=1S/C18H29NO/c1-13(2)15-9-11-16(12-10-15)19-14(3)17-7-5-6-8-18(17)20-4/h5-8,13-16,19H,9-12H2,1-4H3. The number of hydrogen-bond donors (Lipinski definition) is 1. The Morgan fingerprint density at radius 1 is 1.05 bits per heavy atom. The molecular weight excluding hydrogens is 246 g/mol. The summed E-state index contributed by atoms with van der Waals surface area (Å²) in [7, 11) is 1.75. The number of benzene rings is 1. The van der Waals surface area contributed by atoms with Gasteiger partial charge < -0.3 is 10.1 Å². The zero-order chi connectivity index (χ0) is 14.5. The van der Waals surface area contributed by atoms with E-state index >= 15 is 0 Å². The molecule has 1 unspecified atom stereocenters. The number of para-hydroxylation sites is 1. The van der Waals surface area contributed by atoms with Gasteiger partial charge in [0.25, 0.3) is 0 Å². The van der Waals surface area contributed by atoms with Crippen molar-refractivity contribution < 1.29 is 4.74 Å². The fourth-order valence-electron chi connectivity index (χ4n) is 3.42. The van der Waals surface area contributed by atoms with Crippen LogP contribution in [0.1, 0.15) is 58.1 Å². The van der Waals surface area contributed by atoms with Crippen LogP contribution in [0.15, 0.2) is 24.3 Å². The number of nitrogens with one attached hydrogen (secondary N) is 1. The van der Waals surface area contributed by atoms with E-state index in [1.807, 2.05) is 12.1 Å². The topological polar surface area (TPSA) is 21.3 Å². The second-order valence-corrected chi connectivity index (χ2v) is 6.49. The third-order valence-electron chi connectivity index (χ3n) is 4.81. The first-order valence-electron chi connectivity index (χ1n) is 8.00. The maximum Gasteiger partial charge on any atom is 0.123 e. The van der Waals surface area contributed by atoms with E-state index in [-0.39, 0.29) is 0 Å². The number of hydrogen-bond acceptors (Lipinski definition) is 2. The Morgan fingerprint density at radius 3 is 2.30 bits per heavy atom. The van der Waals surface area contributed by atoms with Gasteiger partial charge in [0, 0.05) is 17.6 Å². The van der Waals surface area contributed by atoms with Crippen LogP contribution >= 0.6 is 0 Å². The molecule has 0 amide bonds. The first-order chi connectivity index (χ1) is 9.61. The molecule has 0 heterocycles. The SMILES string of the molecule is COc1ccccc1C(C)NC1CCC(C(C)C)CC1. The van der Waals surface area contributed by atoms with Crippen molar-refractivity contribution in [2.75, 3.05) is 7.11 Å². The molecule has 0 aromatic heterocycles. The predicted molar refractivity (Wildman–Crippen MR) is 85.1 cm³/mol. The van der Waals surface area contributed by atoms with Gasteiger partial charge in [-0.05, 0) is 50.5 Å². The normalized spacial score (nSPS) is 24.6. The highest BCUT2D eigenvalue weighted by Gasteiger charge is 2.24. The third-order valence-corrected chi connectivity index (χ3v) is 4.81. The number of ether oxygens (including phenoxy) is 1. The van der Waals surface area contributed by atoms with E-state index in [1.54, 1.807) is 7.11 Å². The summed E-state index contributed by atoms with van der Waals surface area (Å²) in [4.78, 5) is 0. The van der Waals surface area contributed by atoms with Gasteiger partial charge in [0.15, 0.2) is 0 Å². The van der Waals surface area contributed by atoms with Gasteiger partial charge in [-0.1, -0.05) is 32.0 Å². The molecule has 0 aliphatic heterocycles. The smallest absolute Gasteiger partial charge is 0.123 e. The second kappa shape index (κ2) is 7.12. The van der Waals surface area contributed by atoms with Crippen molar-refractivity contribution in [2.45, 2.75) is 58.5 Å². The van der Waals surface area contributed by atoms with Crippen LogP contribution < -0.4 is 10.1 Å². The summed E-state index contributed by atoms with van der Waals surface area (Å²) in [6.45, 7) is 6.96. The largest absolute Gasteiger partial charge is 0.496 e. The van der Waals surface area contributed by atoms with E-state index in [0.29, 0.717) is 12.1 Å². The molecule has 20 heavy (non-hydrogen) atoms. The van der Waals surface area contributed by atoms with Gasteiger partial charge in [0.1, 0.15) is 5.75 Å². The van der Waals surface area contributed by atoms with E-state index in [1.165, 1.54) is 31.2 Å². The molecule has 1 fully saturated rings. The van der Waals surface area contributed by atoms with Crippen molar-refractivity contribution in [3.63, 3.8) is 0 Å². The van der Waals surface area contributed by atoms with Crippen molar-refractivity contribution in [1.82, 2.24) is 5.32 Å². The zero-order valence-electron chi connectivity index (χ0n) is 13.4. The molecule has 1 aromatic carbocycles. The lowest BCUT2D eigenvalue weighted by Crippen LogP contribution is -2.35. The molecule has 1 saturated carbocycles. The molecule has 1 aliphatic carbocycles. The molecule has 112 valence electrons. The highest BCUT2D eigenvalue weighted by atomic mass is 16.5. The summed E-state index contributed by atoms with van der Waals surface area (Å²) in [6, 6.07) is 9.34. The van der Waals surface area contributed by atoms with Crippen LogP contribution in [-0.2, 0) is 0 Å². The van der Waals surface area contributed by atoms with Crippen molar-refractivity contribution in [3.05, 3.63) is 29.8 Å². The van der Waals surface area contributed by atoms with Crippen LogP contribution in [0.25, 0.3) is 0 Å². The second-order valence-electron chi connectivity index (χ2n) is 6.49. The number of rotatable bonds is 5. The summed E-state index contributed by atoms with van der Waals surface area (Å²) >= 11 is 0. The van der Waals surface area contributed by atoms with Crippen LogP contribution in [0.2, 0.25) is 0 Å². The minimum atomic E-state index is 0.353. The van der Waals surface area contributed by atoms with Crippen molar-refractivity contribution >= 4 is 0 Å². The molecule has 1 aliphatic rings. The molecule has 2 rings (SSSR count). The van der Waals surface area contributed by atoms with Crippen molar-refractivity contribution in [1.29, 1.82) is 0 Å². The Labute approximate surface area is 123 Å². The highest BCUT2D eigenvalue weighted by molar-refractivity contribution is 5.35. The van der Waals surface area contributed by atoms with E-state index in [9.17, 15) is 0 Å². The lowest BCUT2D eigenvalue weighted by molar-refractivity contribution is 0.230. The van der Waals surface area contributed by atoms with Crippen LogP contribution in [0.4, 0.5) is 0 Å². The Bertz CT molecular complexity index is 408. The monoisotopic (exact) mass is 275 g/mol. The minimum Gasteiger partial charge on any atom is -0.496 e. The fraction of sp³-hybridized carbons (Fsp3) is 0.667. The molecule has 0 radical (unpaired) electrons. The van der Waals surface area contributed by atoms with Crippen LogP contribution in [0.5, 0.6) is 5.75 Å². The van der Waals surface area contributed by atoms with E-state index in [0.717, 1.165) is 17.6 Å². The number of methoxy groups -OCH3 is 1. The maximum atomic E-state index is 5.46. The van der Waals surface area contributed by atoms with Gasteiger partial charge in [-0.15, -0.1) is 0 Å². The average Bonchev–Trinajstić information content (AvgIpc) is 2.47. The first-order valence-corrected chi connectivity index (χ1v) is 8.00. The quantitative estimate of drug-likeness (QED) is 0.850. The Morgan fingerprint density at radius 2 is 1.70 bits per heavy atom. The van der Waals surface area contributed by atoms with Gasteiger partial charge in [0.05, 0.1) is 7.11 Å². The lowest BCUT2D eigenvalue weighted by atomic mass is 9.79. The minimum absolute atomic E-state index is 0.353. The third kappa shape index (κ3) is 3.76. The van der Waals surface area contributed by atoms with Gasteiger partial charge in [-0.25, -0.2) is 0 Å². The van der Waals surface area contributed by atoms with E-state index in [4.69, 9.17) is 4.74 Å². The summed E-state index contributed by atoms with van der Waals surface area (Å²) in [5, 5.41) is 3.79.